The van der Waals surface area contributed by atoms with E-state index in [1.54, 1.807) is 24.7 Å². The molecule has 2 aliphatic rings. The molecule has 5 rings (SSSR count). The molecule has 4 heterocycles. The molecule has 130 valence electrons. The van der Waals surface area contributed by atoms with Gasteiger partial charge in [0, 0.05) is 30.4 Å². The van der Waals surface area contributed by atoms with Gasteiger partial charge in [0.15, 0.2) is 0 Å². The standard InChI is InChI=1S/C20H17FN4O/c21-14-3-1-12(2-4-14)13-7-18(23-9-13)20(26)25-15-5-6-19(25)16-10-22-11-24-17(16)8-15/h1-4,7,9-11,15,19,23H,5-6,8H2. The fourth-order valence-corrected chi connectivity index (χ4v) is 4.20. The molecule has 1 fully saturated rings. The van der Waals surface area contributed by atoms with E-state index < -0.39 is 0 Å². The van der Waals surface area contributed by atoms with Gasteiger partial charge in [0.1, 0.15) is 17.8 Å². The minimum atomic E-state index is -0.272. The molecule has 1 N–H and O–H groups in total. The third-order valence-electron chi connectivity index (χ3n) is 5.44. The van der Waals surface area contributed by atoms with Crippen LogP contribution in [0.3, 0.4) is 0 Å². The molecule has 3 aromatic rings. The molecular formula is C20H17FN4O. The molecule has 0 spiro atoms. The van der Waals surface area contributed by atoms with Crippen molar-refractivity contribution in [2.45, 2.75) is 31.3 Å². The van der Waals surface area contributed by atoms with E-state index in [1.165, 1.54) is 12.1 Å². The number of rotatable bonds is 2. The van der Waals surface area contributed by atoms with Crippen molar-refractivity contribution in [3.05, 3.63) is 71.8 Å². The third kappa shape index (κ3) is 2.33. The van der Waals surface area contributed by atoms with E-state index in [1.807, 2.05) is 17.2 Å². The van der Waals surface area contributed by atoms with Gasteiger partial charge in [-0.1, -0.05) is 12.1 Å². The van der Waals surface area contributed by atoms with Crippen LogP contribution in [0.1, 0.15) is 40.6 Å². The lowest BCUT2D eigenvalue weighted by molar-refractivity contribution is 0.0638. The molecule has 2 aliphatic heterocycles. The van der Waals surface area contributed by atoms with E-state index in [4.69, 9.17) is 0 Å². The molecule has 26 heavy (non-hydrogen) atoms. The summed E-state index contributed by atoms with van der Waals surface area (Å²) in [6.07, 6.45) is 7.93. The fraction of sp³-hybridized carbons (Fsp3) is 0.250. The van der Waals surface area contributed by atoms with Crippen molar-refractivity contribution in [2.24, 2.45) is 0 Å². The number of H-pyrrole nitrogens is 1. The van der Waals surface area contributed by atoms with Gasteiger partial charge in [0.05, 0.1) is 11.7 Å². The summed E-state index contributed by atoms with van der Waals surface area (Å²) in [5.41, 5.74) is 4.44. The van der Waals surface area contributed by atoms with Crippen LogP contribution < -0.4 is 0 Å². The minimum absolute atomic E-state index is 0.000338. The van der Waals surface area contributed by atoms with Gasteiger partial charge in [0.2, 0.25) is 0 Å². The Morgan fingerprint density at radius 2 is 2.04 bits per heavy atom. The van der Waals surface area contributed by atoms with Gasteiger partial charge in [-0.25, -0.2) is 14.4 Å². The van der Waals surface area contributed by atoms with Crippen molar-refractivity contribution >= 4 is 5.91 Å². The van der Waals surface area contributed by atoms with Gasteiger partial charge in [-0.2, -0.15) is 0 Å². The Hall–Kier alpha value is -3.02. The maximum atomic E-state index is 13.2. The Bertz CT molecular complexity index is 981. The Morgan fingerprint density at radius 1 is 1.19 bits per heavy atom. The first-order valence-electron chi connectivity index (χ1n) is 8.76. The Kier molecular flexibility index (Phi) is 3.38. The van der Waals surface area contributed by atoms with Crippen LogP contribution in [-0.2, 0) is 6.42 Å². The monoisotopic (exact) mass is 348 g/mol. The topological polar surface area (TPSA) is 61.9 Å². The van der Waals surface area contributed by atoms with Crippen molar-refractivity contribution in [2.75, 3.05) is 0 Å². The zero-order valence-corrected chi connectivity index (χ0v) is 14.0. The number of nitrogens with zero attached hydrogens (tertiary/aromatic N) is 3. The van der Waals surface area contributed by atoms with Crippen LogP contribution in [0.25, 0.3) is 11.1 Å². The summed E-state index contributed by atoms with van der Waals surface area (Å²) < 4.78 is 13.1. The highest BCUT2D eigenvalue weighted by Gasteiger charge is 2.43. The zero-order chi connectivity index (χ0) is 17.7. The quantitative estimate of drug-likeness (QED) is 0.771. The van der Waals surface area contributed by atoms with E-state index in [0.717, 1.165) is 41.6 Å². The average Bonchev–Trinajstić information content (AvgIpc) is 3.27. The number of aromatic nitrogens is 3. The molecule has 5 nitrogen and oxygen atoms in total. The normalized spacial score (nSPS) is 20.9. The first-order valence-corrected chi connectivity index (χ1v) is 8.76. The second-order valence-corrected chi connectivity index (χ2v) is 6.90. The number of fused-ring (bicyclic) bond motifs is 4. The van der Waals surface area contributed by atoms with Gasteiger partial charge < -0.3 is 9.88 Å². The van der Waals surface area contributed by atoms with Crippen LogP contribution in [0.15, 0.2) is 49.1 Å². The van der Waals surface area contributed by atoms with Crippen LogP contribution in [0.4, 0.5) is 4.39 Å². The zero-order valence-electron chi connectivity index (χ0n) is 14.0. The molecule has 0 saturated carbocycles. The number of aromatic amines is 1. The molecule has 2 unspecified atom stereocenters. The Morgan fingerprint density at radius 3 is 2.88 bits per heavy atom. The predicted octanol–water partition coefficient (Wildman–Crippen LogP) is 3.51. The minimum Gasteiger partial charge on any atom is -0.357 e. The summed E-state index contributed by atoms with van der Waals surface area (Å²) in [5, 5.41) is 0. The molecule has 2 aromatic heterocycles. The Labute approximate surface area is 149 Å². The van der Waals surface area contributed by atoms with Crippen LogP contribution in [0, 0.1) is 5.82 Å². The number of nitrogens with one attached hydrogen (secondary N) is 1. The first kappa shape index (κ1) is 15.3. The summed E-state index contributed by atoms with van der Waals surface area (Å²) in [7, 11) is 0. The van der Waals surface area contributed by atoms with E-state index in [0.29, 0.717) is 5.69 Å². The van der Waals surface area contributed by atoms with Crippen LogP contribution in [0.2, 0.25) is 0 Å². The van der Waals surface area contributed by atoms with Crippen molar-refractivity contribution in [1.29, 1.82) is 0 Å². The molecule has 1 saturated heterocycles. The first-order chi connectivity index (χ1) is 12.7. The average molecular weight is 348 g/mol. The molecule has 2 atom stereocenters. The summed E-state index contributed by atoms with van der Waals surface area (Å²) >= 11 is 0. The molecular weight excluding hydrogens is 331 g/mol. The van der Waals surface area contributed by atoms with Crippen LogP contribution in [0.5, 0.6) is 0 Å². The molecule has 1 amide bonds. The maximum absolute atomic E-state index is 13.2. The summed E-state index contributed by atoms with van der Waals surface area (Å²) in [6, 6.07) is 8.35. The lowest BCUT2D eigenvalue weighted by Gasteiger charge is -2.35. The highest BCUT2D eigenvalue weighted by atomic mass is 19.1. The van der Waals surface area contributed by atoms with Gasteiger partial charge in [0.25, 0.3) is 5.91 Å². The van der Waals surface area contributed by atoms with Gasteiger partial charge >= 0.3 is 0 Å². The number of benzene rings is 1. The fourth-order valence-electron chi connectivity index (χ4n) is 4.20. The molecule has 2 bridgehead atoms. The second-order valence-electron chi connectivity index (χ2n) is 6.90. The van der Waals surface area contributed by atoms with E-state index in [-0.39, 0.29) is 23.8 Å². The number of hydrogen-bond donors (Lipinski definition) is 1. The van der Waals surface area contributed by atoms with E-state index in [2.05, 4.69) is 15.0 Å². The molecule has 6 heteroatoms. The van der Waals surface area contributed by atoms with Crippen LogP contribution >= 0.6 is 0 Å². The number of carbonyl (C=O) groups excluding carboxylic acids is 1. The van der Waals surface area contributed by atoms with Gasteiger partial charge in [-0.15, -0.1) is 0 Å². The molecule has 0 aliphatic carbocycles. The van der Waals surface area contributed by atoms with Crippen molar-refractivity contribution in [3.8, 4) is 11.1 Å². The van der Waals surface area contributed by atoms with Crippen LogP contribution in [-0.4, -0.2) is 31.8 Å². The number of carbonyl (C=O) groups is 1. The largest absolute Gasteiger partial charge is 0.357 e. The maximum Gasteiger partial charge on any atom is 0.271 e. The second kappa shape index (κ2) is 5.76. The van der Waals surface area contributed by atoms with Crippen molar-refractivity contribution in [1.82, 2.24) is 19.9 Å². The highest BCUT2D eigenvalue weighted by Crippen LogP contribution is 2.43. The summed E-state index contributed by atoms with van der Waals surface area (Å²) in [4.78, 5) is 26.8. The number of halogens is 1. The predicted molar refractivity (Wildman–Crippen MR) is 93.9 cm³/mol. The van der Waals surface area contributed by atoms with Gasteiger partial charge in [-0.05, 0) is 42.2 Å². The lowest BCUT2D eigenvalue weighted by Crippen LogP contribution is -2.42. The SMILES string of the molecule is O=C(c1cc(-c2ccc(F)cc2)c[nH]1)N1C2CCC1c1cncnc1C2. The number of amides is 1. The van der Waals surface area contributed by atoms with Crippen molar-refractivity contribution in [3.63, 3.8) is 0 Å². The lowest BCUT2D eigenvalue weighted by atomic mass is 9.99. The smallest absolute Gasteiger partial charge is 0.271 e. The number of hydrogen-bond acceptors (Lipinski definition) is 3. The third-order valence-corrected chi connectivity index (χ3v) is 5.44. The highest BCUT2D eigenvalue weighted by molar-refractivity contribution is 5.95. The molecule has 1 aromatic carbocycles. The summed E-state index contributed by atoms with van der Waals surface area (Å²) in [5.74, 6) is -0.272. The Balaban J connectivity index is 1.45. The van der Waals surface area contributed by atoms with E-state index in [9.17, 15) is 9.18 Å². The van der Waals surface area contributed by atoms with Crippen molar-refractivity contribution < 1.29 is 9.18 Å². The molecule has 0 radical (unpaired) electrons. The van der Waals surface area contributed by atoms with E-state index >= 15 is 0 Å². The summed E-state index contributed by atoms with van der Waals surface area (Å²) in [6.45, 7) is 0. The van der Waals surface area contributed by atoms with Gasteiger partial charge in [-0.3, -0.25) is 4.79 Å².